The average Bonchev–Trinajstić information content (AvgIpc) is 2.82. The van der Waals surface area contributed by atoms with E-state index in [2.05, 4.69) is 72.4 Å². The number of nitrogens with zero attached hydrogens (tertiary/aromatic N) is 2. The van der Waals surface area contributed by atoms with Crippen LogP contribution in [0.5, 0.6) is 23.0 Å². The number of hydrogen-bond donors (Lipinski definition) is 1. The molecule has 0 bridgehead atoms. The lowest BCUT2D eigenvalue weighted by atomic mass is 9.91. The number of rotatable bonds is 31. The Labute approximate surface area is 525 Å². The number of likely N-dealkylation sites (N-methyl/N-ethyl adjacent to an activating group) is 2. The molecule has 0 radical (unpaired) electrons. The minimum Gasteiger partial charge on any atom is -0.486 e. The maximum absolute atomic E-state index is 12.6. The number of carbonyl (C=O) groups excluding carboxylic acids is 2. The minimum atomic E-state index is -1.14. The van der Waals surface area contributed by atoms with Crippen molar-refractivity contribution in [1.29, 1.82) is 0 Å². The van der Waals surface area contributed by atoms with Crippen molar-refractivity contribution in [3.8, 4) is 23.0 Å². The van der Waals surface area contributed by atoms with Gasteiger partial charge in [0.05, 0.1) is 5.56 Å². The quantitative estimate of drug-likeness (QED) is 0.0415. The summed E-state index contributed by atoms with van der Waals surface area (Å²) >= 11 is 24.6. The van der Waals surface area contributed by atoms with E-state index in [4.69, 9.17) is 79.9 Å². The second kappa shape index (κ2) is 34.2. The molecule has 2 unspecified atom stereocenters. The Morgan fingerprint density at radius 2 is 0.733 bits per heavy atom. The Morgan fingerprint density at radius 1 is 0.430 bits per heavy atom. The average molecular weight is 1240 g/mol. The monoisotopic (exact) mass is 1240 g/mol. The van der Waals surface area contributed by atoms with Crippen molar-refractivity contribution in [3.05, 3.63) is 259 Å². The van der Waals surface area contributed by atoms with Crippen LogP contribution in [-0.2, 0) is 31.9 Å². The van der Waals surface area contributed by atoms with Gasteiger partial charge in [-0.25, -0.2) is 4.79 Å². The Balaban J connectivity index is 0.000000246. The molecular formula is C70H72Cl4N2O10. The van der Waals surface area contributed by atoms with Crippen molar-refractivity contribution in [2.45, 2.75) is 57.0 Å². The highest BCUT2D eigenvalue weighted by Gasteiger charge is 2.23. The molecule has 450 valence electrons. The largest absolute Gasteiger partial charge is 0.486 e. The highest BCUT2D eigenvalue weighted by atomic mass is 35.5. The first kappa shape index (κ1) is 66.3. The Morgan fingerprint density at radius 3 is 1.03 bits per heavy atom. The van der Waals surface area contributed by atoms with Crippen molar-refractivity contribution < 1.29 is 47.9 Å². The zero-order valence-corrected chi connectivity index (χ0v) is 51.9. The van der Waals surface area contributed by atoms with Gasteiger partial charge in [-0.1, -0.05) is 137 Å². The fourth-order valence-electron chi connectivity index (χ4n) is 9.48. The summed E-state index contributed by atoms with van der Waals surface area (Å²) in [6.07, 6.45) is 1.60. The van der Waals surface area contributed by atoms with E-state index in [1.54, 1.807) is 0 Å². The lowest BCUT2D eigenvalue weighted by Gasteiger charge is -2.25. The summed E-state index contributed by atoms with van der Waals surface area (Å²) in [5, 5.41) is 11.9. The number of halogens is 4. The van der Waals surface area contributed by atoms with E-state index in [9.17, 15) is 14.4 Å². The molecule has 0 aliphatic rings. The second-order valence-electron chi connectivity index (χ2n) is 20.9. The lowest BCUT2D eigenvalue weighted by Crippen LogP contribution is -2.33. The number of aromatic carboxylic acids is 1. The molecule has 0 spiro atoms. The summed E-state index contributed by atoms with van der Waals surface area (Å²) in [4.78, 5) is 40.9. The van der Waals surface area contributed by atoms with Crippen LogP contribution >= 0.6 is 46.4 Å². The van der Waals surface area contributed by atoms with Gasteiger partial charge in [0, 0.05) is 59.2 Å². The SMILES string of the molecule is COC(Oc1ccc(CCCN(C)CC(c2ccc(Cl)cc2)c2ccc(Cl)cc2)cc1)C(=O)COc1ccc(C(=O)O)cc1.COC(Oc1ccc(CCCN(C)CC(c2ccc(Cl)cc2)c2ccc(Cl)cc2)cc1)C(=O)COc1ccc(C)cc1. The fraction of sp³-hybridized carbons (Fsp3) is 0.271. The van der Waals surface area contributed by atoms with Gasteiger partial charge in [0.2, 0.25) is 11.6 Å². The third-order valence-electron chi connectivity index (χ3n) is 14.3. The van der Waals surface area contributed by atoms with E-state index in [1.165, 1.54) is 66.3 Å². The molecule has 0 fully saturated rings. The molecular weight excluding hydrogens is 1170 g/mol. The zero-order chi connectivity index (χ0) is 61.4. The molecule has 16 heteroatoms. The number of carboxylic acid groups (broad SMARTS) is 1. The fourth-order valence-corrected chi connectivity index (χ4v) is 9.98. The van der Waals surface area contributed by atoms with Gasteiger partial charge in [-0.2, -0.15) is 0 Å². The number of carbonyl (C=O) groups is 3. The molecule has 86 heavy (non-hydrogen) atoms. The molecule has 8 rings (SSSR count). The molecule has 0 saturated heterocycles. The maximum Gasteiger partial charge on any atom is 0.335 e. The molecule has 0 aromatic heterocycles. The van der Waals surface area contributed by atoms with Crippen molar-refractivity contribution in [3.63, 3.8) is 0 Å². The number of ketones is 2. The van der Waals surface area contributed by atoms with E-state index in [1.807, 2.05) is 128 Å². The Kier molecular flexibility index (Phi) is 26.4. The maximum atomic E-state index is 12.6. The number of methoxy groups -OCH3 is 2. The van der Waals surface area contributed by atoms with Crippen LogP contribution in [0.4, 0.5) is 0 Å². The predicted octanol–water partition coefficient (Wildman–Crippen LogP) is 15.4. The summed E-state index contributed by atoms with van der Waals surface area (Å²) in [5.41, 5.74) is 8.46. The van der Waals surface area contributed by atoms with Gasteiger partial charge in [-0.3, -0.25) is 9.59 Å². The molecule has 8 aromatic carbocycles. The highest BCUT2D eigenvalue weighted by molar-refractivity contribution is 6.31. The molecule has 0 amide bonds. The third kappa shape index (κ3) is 21.6. The van der Waals surface area contributed by atoms with E-state index in [0.717, 1.165) is 73.0 Å². The van der Waals surface area contributed by atoms with Gasteiger partial charge >= 0.3 is 5.97 Å². The Bertz CT molecular complexity index is 3250. The molecule has 0 aliphatic carbocycles. The van der Waals surface area contributed by atoms with E-state index in [0.29, 0.717) is 33.0 Å². The third-order valence-corrected chi connectivity index (χ3v) is 15.3. The van der Waals surface area contributed by atoms with Gasteiger partial charge in [0.15, 0.2) is 13.2 Å². The standard InChI is InChI=1S/C35H35Cl2NO6.C35H37Cl2NO4/c1-38(22-32(25-7-13-28(36)14-8-25)26-9-15-29(37)16-10-26)21-3-4-24-5-17-31(18-6-24)44-35(42-2)33(39)23-43-30-19-11-27(12-20-30)34(40)41;1-25-6-18-31(19-7-25)41-24-34(39)35(40-3)42-32-20-8-26(9-21-32)5-4-22-38(2)23-33(27-10-14-29(36)15-11-27)28-12-16-30(37)17-13-28/h5-20,32,35H,3-4,21-23H2,1-2H3,(H,40,41);6-21,33,35H,4-5,22-24H2,1-3H3. The molecule has 8 aromatic rings. The van der Waals surface area contributed by atoms with E-state index >= 15 is 0 Å². The van der Waals surface area contributed by atoms with Gasteiger partial charge in [0.1, 0.15) is 23.0 Å². The van der Waals surface area contributed by atoms with Crippen LogP contribution in [0, 0.1) is 6.92 Å². The number of benzene rings is 8. The van der Waals surface area contributed by atoms with Crippen molar-refractivity contribution in [2.75, 3.05) is 67.7 Å². The van der Waals surface area contributed by atoms with Crippen LogP contribution in [-0.4, -0.2) is 113 Å². The van der Waals surface area contributed by atoms with Crippen LogP contribution in [0.15, 0.2) is 194 Å². The van der Waals surface area contributed by atoms with Crippen LogP contribution < -0.4 is 18.9 Å². The first-order chi connectivity index (χ1) is 41.5. The van der Waals surface area contributed by atoms with Gasteiger partial charge < -0.3 is 43.3 Å². The van der Waals surface area contributed by atoms with Gasteiger partial charge in [-0.15, -0.1) is 0 Å². The lowest BCUT2D eigenvalue weighted by molar-refractivity contribution is -0.148. The molecule has 12 nitrogen and oxygen atoms in total. The van der Waals surface area contributed by atoms with Crippen LogP contribution in [0.2, 0.25) is 20.1 Å². The smallest absolute Gasteiger partial charge is 0.335 e. The van der Waals surface area contributed by atoms with Gasteiger partial charge in [0.25, 0.3) is 12.6 Å². The molecule has 0 saturated carbocycles. The topological polar surface area (TPSA) is 133 Å². The van der Waals surface area contributed by atoms with Crippen LogP contribution in [0.3, 0.4) is 0 Å². The second-order valence-corrected chi connectivity index (χ2v) is 22.6. The zero-order valence-electron chi connectivity index (χ0n) is 48.9. The summed E-state index contributed by atoms with van der Waals surface area (Å²) in [6.45, 7) is 5.15. The summed E-state index contributed by atoms with van der Waals surface area (Å²) < 4.78 is 33.1. The highest BCUT2D eigenvalue weighted by Crippen LogP contribution is 2.30. The number of carboxylic acids is 1. The first-order valence-electron chi connectivity index (χ1n) is 28.2. The minimum absolute atomic E-state index is 0.134. The molecule has 1 N–H and O–H groups in total. The molecule has 0 aliphatic heterocycles. The summed E-state index contributed by atoms with van der Waals surface area (Å²) in [7, 11) is 7.12. The number of Topliss-reactive ketones (excluding diaryl/α,β-unsaturated/α-hetero) is 2. The van der Waals surface area contributed by atoms with Crippen LogP contribution in [0.1, 0.15) is 74.0 Å². The van der Waals surface area contributed by atoms with E-state index < -0.39 is 24.3 Å². The molecule has 2 atom stereocenters. The van der Waals surface area contributed by atoms with Gasteiger partial charge in [-0.05, 0) is 202 Å². The normalized spacial score (nSPS) is 11.9. The molecule has 0 heterocycles. The van der Waals surface area contributed by atoms with Crippen LogP contribution in [0.25, 0.3) is 0 Å². The first-order valence-corrected chi connectivity index (χ1v) is 29.7. The van der Waals surface area contributed by atoms with E-state index in [-0.39, 0.29) is 36.4 Å². The number of ether oxygens (including phenoxy) is 6. The van der Waals surface area contributed by atoms with Crippen molar-refractivity contribution >= 4 is 63.9 Å². The van der Waals surface area contributed by atoms with Crippen molar-refractivity contribution in [1.82, 2.24) is 9.80 Å². The predicted molar refractivity (Wildman–Crippen MR) is 342 cm³/mol. The van der Waals surface area contributed by atoms with Crippen molar-refractivity contribution in [2.24, 2.45) is 0 Å². The number of hydrogen-bond acceptors (Lipinski definition) is 11. The summed E-state index contributed by atoms with van der Waals surface area (Å²) in [5.74, 6) is 0.740. The number of aryl methyl sites for hydroxylation is 3. The summed E-state index contributed by atoms with van der Waals surface area (Å²) in [6, 6.07) is 60.9. The Hall–Kier alpha value is -7.23.